The van der Waals surface area contributed by atoms with Crippen LogP contribution in [0.3, 0.4) is 0 Å². The van der Waals surface area contributed by atoms with Crippen LogP contribution in [0.5, 0.6) is 0 Å². The summed E-state index contributed by atoms with van der Waals surface area (Å²) in [6.45, 7) is 7.54. The molecule has 3 aromatic rings. The van der Waals surface area contributed by atoms with Gasteiger partial charge < -0.3 is 24.1 Å². The standard InChI is InChI=1S/C36H38O8/c1-22-20-21-26(41-31(38)23-14-8-5-9-15-23)35(4)30(43-33(40)25-18-12-7-13-19-25)28(42-32(39)24-16-10-6-11-17-24)27-29(37)36(22,35)44-34(27,2)3/h5-19,22,26-30,37H,20-21H2,1-4H3/t22-,26+,27-,28-,29-,30-,35+,36-/m1/s1. The van der Waals surface area contributed by atoms with Crippen molar-refractivity contribution in [2.24, 2.45) is 17.3 Å². The molecule has 8 nitrogen and oxygen atoms in total. The molecule has 0 radical (unpaired) electrons. The summed E-state index contributed by atoms with van der Waals surface area (Å²) in [6.07, 6.45) is -3.19. The van der Waals surface area contributed by atoms with Gasteiger partial charge >= 0.3 is 17.9 Å². The average Bonchev–Trinajstić information content (AvgIpc) is 3.21. The van der Waals surface area contributed by atoms with Gasteiger partial charge in [0.15, 0.2) is 6.10 Å². The van der Waals surface area contributed by atoms with Crippen molar-refractivity contribution < 1.29 is 38.4 Å². The fourth-order valence-corrected chi connectivity index (χ4v) is 8.04. The monoisotopic (exact) mass is 598 g/mol. The number of fused-ring (bicyclic) bond motifs is 1. The molecular formula is C36H38O8. The number of ether oxygens (including phenoxy) is 4. The molecule has 8 heteroatoms. The third-order valence-electron chi connectivity index (χ3n) is 10.1. The number of aliphatic hydroxyl groups is 1. The largest absolute Gasteiger partial charge is 0.458 e. The van der Waals surface area contributed by atoms with Crippen LogP contribution in [0.4, 0.5) is 0 Å². The molecule has 2 aliphatic carbocycles. The highest BCUT2D eigenvalue weighted by molar-refractivity contribution is 5.91. The van der Waals surface area contributed by atoms with Crippen LogP contribution < -0.4 is 0 Å². The van der Waals surface area contributed by atoms with Crippen LogP contribution in [0.2, 0.25) is 0 Å². The van der Waals surface area contributed by atoms with Gasteiger partial charge in [0.05, 0.1) is 39.7 Å². The Bertz CT molecular complexity index is 1520. The van der Waals surface area contributed by atoms with E-state index in [0.717, 1.165) is 0 Å². The van der Waals surface area contributed by atoms with Crippen LogP contribution in [0, 0.1) is 17.3 Å². The zero-order valence-electron chi connectivity index (χ0n) is 25.3. The van der Waals surface area contributed by atoms with E-state index in [9.17, 15) is 19.5 Å². The maximum Gasteiger partial charge on any atom is 0.338 e. The molecule has 3 fully saturated rings. The fraction of sp³-hybridized carbons (Fsp3) is 0.417. The third-order valence-corrected chi connectivity index (χ3v) is 10.1. The van der Waals surface area contributed by atoms with Gasteiger partial charge in [0, 0.05) is 0 Å². The van der Waals surface area contributed by atoms with E-state index < -0.39 is 64.9 Å². The van der Waals surface area contributed by atoms with Gasteiger partial charge in [-0.15, -0.1) is 0 Å². The quantitative estimate of drug-likeness (QED) is 0.287. The van der Waals surface area contributed by atoms with Crippen LogP contribution >= 0.6 is 0 Å². The maximum atomic E-state index is 13.8. The Hall–Kier alpha value is -4.01. The molecule has 1 spiro atoms. The minimum Gasteiger partial charge on any atom is -0.458 e. The summed E-state index contributed by atoms with van der Waals surface area (Å²) in [6, 6.07) is 25.8. The SMILES string of the molecule is C[C@@H]1CC[C@H](OC(=O)c2ccccc2)[C@@]2(C)[C@H](OC(=O)c3ccccc3)[C@H](OC(=O)c3ccccc3)[C@@H]3[C@@H](O)[C@]12OC3(C)C. The Balaban J connectivity index is 1.49. The first kappa shape index (κ1) is 30.0. The molecule has 8 atom stereocenters. The Morgan fingerprint density at radius 3 is 1.66 bits per heavy atom. The topological polar surface area (TPSA) is 108 Å². The van der Waals surface area contributed by atoms with Crippen LogP contribution in [0.1, 0.15) is 71.6 Å². The second-order valence-corrected chi connectivity index (χ2v) is 12.9. The number of hydrogen-bond donors (Lipinski definition) is 1. The van der Waals surface area contributed by atoms with Gasteiger partial charge in [-0.3, -0.25) is 0 Å². The van der Waals surface area contributed by atoms with Crippen LogP contribution in [-0.4, -0.2) is 58.6 Å². The number of aliphatic hydroxyl groups excluding tert-OH is 1. The van der Waals surface area contributed by atoms with Crippen LogP contribution in [-0.2, 0) is 18.9 Å². The lowest BCUT2D eigenvalue weighted by Gasteiger charge is -2.62. The summed E-state index contributed by atoms with van der Waals surface area (Å²) in [7, 11) is 0. The van der Waals surface area contributed by atoms with E-state index in [2.05, 4.69) is 0 Å². The van der Waals surface area contributed by atoms with Gasteiger partial charge in [-0.25, -0.2) is 14.4 Å². The van der Waals surface area contributed by atoms with Crippen molar-refractivity contribution in [3.05, 3.63) is 108 Å². The maximum absolute atomic E-state index is 13.8. The number of rotatable bonds is 6. The molecule has 3 aliphatic rings. The molecule has 6 rings (SSSR count). The lowest BCUT2D eigenvalue weighted by molar-refractivity contribution is -0.292. The molecule has 44 heavy (non-hydrogen) atoms. The fourth-order valence-electron chi connectivity index (χ4n) is 8.04. The number of carbonyl (C=O) groups is 3. The summed E-state index contributed by atoms with van der Waals surface area (Å²) in [5, 5.41) is 12.3. The summed E-state index contributed by atoms with van der Waals surface area (Å²) in [5.74, 6) is -2.73. The van der Waals surface area contributed by atoms with E-state index in [4.69, 9.17) is 18.9 Å². The Kier molecular flexibility index (Phi) is 7.62. The lowest BCUT2D eigenvalue weighted by atomic mass is 9.48. The highest BCUT2D eigenvalue weighted by Crippen LogP contribution is 2.67. The summed E-state index contributed by atoms with van der Waals surface area (Å²) in [5.41, 5.74) is -2.58. The van der Waals surface area contributed by atoms with Crippen molar-refractivity contribution in [3.63, 3.8) is 0 Å². The Morgan fingerprint density at radius 2 is 1.16 bits per heavy atom. The minimum absolute atomic E-state index is 0.206. The molecule has 0 amide bonds. The van der Waals surface area contributed by atoms with Crippen LogP contribution in [0.25, 0.3) is 0 Å². The molecule has 1 N–H and O–H groups in total. The molecule has 3 aromatic carbocycles. The Labute approximate surface area is 257 Å². The second kappa shape index (κ2) is 11.2. The van der Waals surface area contributed by atoms with E-state index in [-0.39, 0.29) is 5.92 Å². The van der Waals surface area contributed by atoms with Crippen molar-refractivity contribution in [3.8, 4) is 0 Å². The summed E-state index contributed by atoms with van der Waals surface area (Å²) >= 11 is 0. The van der Waals surface area contributed by atoms with E-state index in [0.29, 0.717) is 29.5 Å². The normalized spacial score (nSPS) is 33.5. The van der Waals surface area contributed by atoms with E-state index in [1.54, 1.807) is 84.9 Å². The zero-order valence-corrected chi connectivity index (χ0v) is 25.3. The van der Waals surface area contributed by atoms with Crippen LogP contribution in [0.15, 0.2) is 91.0 Å². The third kappa shape index (κ3) is 4.63. The summed E-state index contributed by atoms with van der Waals surface area (Å²) < 4.78 is 25.8. The van der Waals surface area contributed by atoms with Gasteiger partial charge in [-0.05, 0) is 75.9 Å². The van der Waals surface area contributed by atoms with Crippen molar-refractivity contribution in [1.82, 2.24) is 0 Å². The van der Waals surface area contributed by atoms with Gasteiger partial charge in [0.25, 0.3) is 0 Å². The average molecular weight is 599 g/mol. The van der Waals surface area contributed by atoms with Crippen molar-refractivity contribution in [1.29, 1.82) is 0 Å². The molecule has 1 aliphatic heterocycles. The first-order chi connectivity index (χ1) is 21.0. The van der Waals surface area contributed by atoms with Gasteiger partial charge in [0.1, 0.15) is 17.8 Å². The van der Waals surface area contributed by atoms with Crippen molar-refractivity contribution in [2.75, 3.05) is 0 Å². The van der Waals surface area contributed by atoms with Gasteiger partial charge in [-0.2, -0.15) is 0 Å². The molecule has 2 bridgehead atoms. The molecule has 230 valence electrons. The van der Waals surface area contributed by atoms with Gasteiger partial charge in [0.2, 0.25) is 0 Å². The smallest absolute Gasteiger partial charge is 0.338 e. The molecule has 1 heterocycles. The second-order valence-electron chi connectivity index (χ2n) is 12.9. The molecule has 1 saturated heterocycles. The first-order valence-electron chi connectivity index (χ1n) is 15.2. The number of carbonyl (C=O) groups excluding carboxylic acids is 3. The van der Waals surface area contributed by atoms with E-state index in [1.807, 2.05) is 33.8 Å². The number of hydrogen-bond acceptors (Lipinski definition) is 8. The molecule has 0 unspecified atom stereocenters. The highest BCUT2D eigenvalue weighted by atomic mass is 16.6. The molecule has 2 saturated carbocycles. The highest BCUT2D eigenvalue weighted by Gasteiger charge is 2.81. The number of benzene rings is 3. The predicted octanol–water partition coefficient (Wildman–Crippen LogP) is 5.64. The zero-order chi connectivity index (χ0) is 31.3. The molecular weight excluding hydrogens is 560 g/mol. The van der Waals surface area contributed by atoms with Crippen molar-refractivity contribution >= 4 is 17.9 Å². The first-order valence-corrected chi connectivity index (χ1v) is 15.2. The lowest BCUT2D eigenvalue weighted by Crippen LogP contribution is -2.76. The van der Waals surface area contributed by atoms with Gasteiger partial charge in [-0.1, -0.05) is 61.5 Å². The summed E-state index contributed by atoms with van der Waals surface area (Å²) in [4.78, 5) is 40.9. The number of esters is 3. The minimum atomic E-state index is -1.31. The molecule has 0 aromatic heterocycles. The van der Waals surface area contributed by atoms with Crippen molar-refractivity contribution in [2.45, 2.75) is 76.2 Å². The Morgan fingerprint density at radius 1 is 0.705 bits per heavy atom. The predicted molar refractivity (Wildman–Crippen MR) is 161 cm³/mol. The van der Waals surface area contributed by atoms with E-state index in [1.165, 1.54) is 0 Å². The van der Waals surface area contributed by atoms with E-state index >= 15 is 0 Å².